The van der Waals surface area contributed by atoms with Crippen molar-refractivity contribution in [2.24, 2.45) is 11.3 Å². The van der Waals surface area contributed by atoms with Gasteiger partial charge in [-0.15, -0.1) is 0 Å². The summed E-state index contributed by atoms with van der Waals surface area (Å²) in [4.78, 5) is 0. The molecular weight excluding hydrogens is 400 g/mol. The summed E-state index contributed by atoms with van der Waals surface area (Å²) in [6, 6.07) is 0. The van der Waals surface area contributed by atoms with E-state index in [1.807, 2.05) is 0 Å². The molecule has 0 heterocycles. The molecule has 29 heavy (non-hydrogen) atoms. The van der Waals surface area contributed by atoms with Gasteiger partial charge in [-0.25, -0.2) is 0 Å². The highest BCUT2D eigenvalue weighted by atomic mass is 32.2. The summed E-state index contributed by atoms with van der Waals surface area (Å²) in [7, 11) is -3.96. The van der Waals surface area contributed by atoms with Crippen LogP contribution in [0.3, 0.4) is 0 Å². The lowest BCUT2D eigenvalue weighted by molar-refractivity contribution is -0.0328. The van der Waals surface area contributed by atoms with Crippen LogP contribution in [0.5, 0.6) is 0 Å². The SMILES string of the molecule is CCCCCCCCCCCCC(CO)CS(=O)(=O)O.OCC(CO)(CO)CO. The van der Waals surface area contributed by atoms with E-state index in [9.17, 15) is 8.42 Å². The number of aliphatic hydroxyl groups excluding tert-OH is 5. The molecule has 0 radical (unpaired) electrons. The molecule has 0 spiro atoms. The van der Waals surface area contributed by atoms with E-state index in [1.165, 1.54) is 51.4 Å². The summed E-state index contributed by atoms with van der Waals surface area (Å²) >= 11 is 0. The Hall–Kier alpha value is -0.290. The van der Waals surface area contributed by atoms with Crippen LogP contribution >= 0.6 is 0 Å². The Morgan fingerprint density at radius 3 is 1.34 bits per heavy atom. The standard InChI is InChI=1S/C15H32O4S.C5H12O4/c1-2-3-4-5-6-7-8-9-10-11-12-15(13-16)14-20(17,18)19;6-1-5(2-7,3-8)4-9/h15-16H,2-14H2,1H3,(H,17,18,19);6-9H,1-4H2. The van der Waals surface area contributed by atoms with E-state index in [0.29, 0.717) is 6.42 Å². The van der Waals surface area contributed by atoms with Gasteiger partial charge in [0.25, 0.3) is 10.1 Å². The van der Waals surface area contributed by atoms with E-state index in [-0.39, 0.29) is 18.3 Å². The van der Waals surface area contributed by atoms with Gasteiger partial charge in [0.1, 0.15) is 0 Å². The summed E-state index contributed by atoms with van der Waals surface area (Å²) in [6.07, 6.45) is 13.0. The molecule has 0 aliphatic heterocycles. The number of hydrogen-bond donors (Lipinski definition) is 6. The Balaban J connectivity index is 0. The van der Waals surface area contributed by atoms with Crippen molar-refractivity contribution in [3.63, 3.8) is 0 Å². The van der Waals surface area contributed by atoms with Crippen LogP contribution in [0.1, 0.15) is 77.6 Å². The van der Waals surface area contributed by atoms with Gasteiger partial charge in [-0.1, -0.05) is 71.1 Å². The van der Waals surface area contributed by atoms with Crippen molar-refractivity contribution in [2.45, 2.75) is 77.6 Å². The zero-order valence-corrected chi connectivity index (χ0v) is 18.8. The first-order valence-corrected chi connectivity index (χ1v) is 12.3. The van der Waals surface area contributed by atoms with E-state index in [2.05, 4.69) is 6.92 Å². The summed E-state index contributed by atoms with van der Waals surface area (Å²) in [5, 5.41) is 43.0. The third-order valence-electron chi connectivity index (χ3n) is 5.01. The second-order valence-corrected chi connectivity index (χ2v) is 9.40. The molecule has 0 aliphatic carbocycles. The van der Waals surface area contributed by atoms with Gasteiger partial charge in [-0.2, -0.15) is 8.42 Å². The van der Waals surface area contributed by atoms with E-state index in [4.69, 9.17) is 30.1 Å². The minimum absolute atomic E-state index is 0.169. The third-order valence-corrected chi connectivity index (χ3v) is 5.90. The fourth-order valence-corrected chi connectivity index (χ4v) is 3.61. The topological polar surface area (TPSA) is 156 Å². The second-order valence-electron chi connectivity index (χ2n) is 7.90. The van der Waals surface area contributed by atoms with Gasteiger partial charge < -0.3 is 25.5 Å². The predicted octanol–water partition coefficient (Wildman–Crippen LogP) is 1.74. The van der Waals surface area contributed by atoms with Crippen LogP contribution in [0.15, 0.2) is 0 Å². The zero-order valence-electron chi connectivity index (χ0n) is 18.0. The molecule has 0 saturated carbocycles. The Morgan fingerprint density at radius 1 is 0.690 bits per heavy atom. The molecule has 0 saturated heterocycles. The quantitative estimate of drug-likeness (QED) is 0.138. The molecule has 0 aliphatic rings. The lowest BCUT2D eigenvalue weighted by atomic mass is 9.93. The fraction of sp³-hybridized carbons (Fsp3) is 1.00. The second kappa shape index (κ2) is 19.7. The number of rotatable bonds is 18. The maximum atomic E-state index is 10.7. The largest absolute Gasteiger partial charge is 0.396 e. The monoisotopic (exact) mass is 444 g/mol. The first-order valence-electron chi connectivity index (χ1n) is 10.7. The van der Waals surface area contributed by atoms with Gasteiger partial charge >= 0.3 is 0 Å². The van der Waals surface area contributed by atoms with Crippen LogP contribution < -0.4 is 0 Å². The molecule has 6 N–H and O–H groups in total. The number of hydrogen-bond acceptors (Lipinski definition) is 7. The maximum Gasteiger partial charge on any atom is 0.265 e. The van der Waals surface area contributed by atoms with Gasteiger partial charge in [0.15, 0.2) is 0 Å². The highest BCUT2D eigenvalue weighted by molar-refractivity contribution is 7.85. The molecule has 9 heteroatoms. The highest BCUT2D eigenvalue weighted by Gasteiger charge is 2.26. The van der Waals surface area contributed by atoms with Crippen molar-refractivity contribution in [1.82, 2.24) is 0 Å². The zero-order chi connectivity index (χ0) is 22.6. The minimum Gasteiger partial charge on any atom is -0.396 e. The van der Waals surface area contributed by atoms with Crippen molar-refractivity contribution in [3.05, 3.63) is 0 Å². The highest BCUT2D eigenvalue weighted by Crippen LogP contribution is 2.15. The van der Waals surface area contributed by atoms with E-state index >= 15 is 0 Å². The van der Waals surface area contributed by atoms with Gasteiger partial charge in [-0.05, 0) is 12.3 Å². The van der Waals surface area contributed by atoms with Crippen molar-refractivity contribution in [3.8, 4) is 0 Å². The minimum atomic E-state index is -3.96. The fourth-order valence-electron chi connectivity index (χ4n) is 2.75. The van der Waals surface area contributed by atoms with Crippen molar-refractivity contribution < 1.29 is 38.5 Å². The summed E-state index contributed by atoms with van der Waals surface area (Å²) < 4.78 is 30.2. The van der Waals surface area contributed by atoms with E-state index < -0.39 is 42.0 Å². The van der Waals surface area contributed by atoms with Crippen LogP contribution in [0.4, 0.5) is 0 Å². The van der Waals surface area contributed by atoms with Gasteiger partial charge in [-0.3, -0.25) is 4.55 Å². The Kier molecular flexibility index (Phi) is 20.9. The first kappa shape index (κ1) is 30.9. The summed E-state index contributed by atoms with van der Waals surface area (Å²) in [6.45, 7) is 0.429. The van der Waals surface area contributed by atoms with Crippen molar-refractivity contribution in [2.75, 3.05) is 38.8 Å². The lowest BCUT2D eigenvalue weighted by Crippen LogP contribution is -2.37. The number of aliphatic hydroxyl groups is 5. The number of unbranched alkanes of at least 4 members (excludes halogenated alkanes) is 9. The van der Waals surface area contributed by atoms with Crippen LogP contribution in [0.25, 0.3) is 0 Å². The molecule has 0 amide bonds. The molecule has 1 unspecified atom stereocenters. The molecule has 0 aromatic carbocycles. The third kappa shape index (κ3) is 19.4. The molecule has 0 bridgehead atoms. The Morgan fingerprint density at radius 2 is 1.07 bits per heavy atom. The average Bonchev–Trinajstić information content (AvgIpc) is 2.70. The maximum absolute atomic E-state index is 10.7. The van der Waals surface area contributed by atoms with Gasteiger partial charge in [0, 0.05) is 6.61 Å². The molecule has 0 aromatic rings. The smallest absolute Gasteiger partial charge is 0.265 e. The predicted molar refractivity (Wildman–Crippen MR) is 114 cm³/mol. The van der Waals surface area contributed by atoms with Crippen LogP contribution in [-0.4, -0.2) is 77.3 Å². The van der Waals surface area contributed by atoms with Crippen LogP contribution in [0.2, 0.25) is 0 Å². The molecule has 0 fully saturated rings. The van der Waals surface area contributed by atoms with Crippen LogP contribution in [0, 0.1) is 11.3 Å². The first-order chi connectivity index (χ1) is 13.7. The van der Waals surface area contributed by atoms with Crippen molar-refractivity contribution >= 4 is 10.1 Å². The summed E-state index contributed by atoms with van der Waals surface area (Å²) in [5.41, 5.74) is -1.11. The Bertz CT molecular complexity index is 420. The molecule has 178 valence electrons. The molecular formula is C20H44O8S. The normalized spacial score (nSPS) is 13.1. The molecule has 0 aromatic heterocycles. The van der Waals surface area contributed by atoms with Crippen molar-refractivity contribution in [1.29, 1.82) is 0 Å². The molecule has 1 atom stereocenters. The molecule has 0 rings (SSSR count). The van der Waals surface area contributed by atoms with E-state index in [1.54, 1.807) is 0 Å². The molecule has 8 nitrogen and oxygen atoms in total. The lowest BCUT2D eigenvalue weighted by Gasteiger charge is -2.23. The van der Waals surface area contributed by atoms with Gasteiger partial charge in [0.2, 0.25) is 0 Å². The average molecular weight is 445 g/mol. The Labute approximate surface area is 176 Å². The van der Waals surface area contributed by atoms with Gasteiger partial charge in [0.05, 0.1) is 37.6 Å². The summed E-state index contributed by atoms with van der Waals surface area (Å²) in [5.74, 6) is -0.639. The van der Waals surface area contributed by atoms with Crippen LogP contribution in [-0.2, 0) is 10.1 Å². The van der Waals surface area contributed by atoms with E-state index in [0.717, 1.165) is 12.8 Å².